The van der Waals surface area contributed by atoms with Crippen molar-refractivity contribution in [1.82, 2.24) is 10.3 Å². The van der Waals surface area contributed by atoms with Gasteiger partial charge in [0.05, 0.1) is 42.8 Å². The molecule has 13 heteroatoms. The highest BCUT2D eigenvalue weighted by Gasteiger charge is 2.31. The van der Waals surface area contributed by atoms with Crippen LogP contribution in [0.15, 0.2) is 60.8 Å². The molecule has 3 aromatic rings. The van der Waals surface area contributed by atoms with Crippen molar-refractivity contribution in [2.45, 2.75) is 43.9 Å². The van der Waals surface area contributed by atoms with Crippen molar-refractivity contribution in [3.63, 3.8) is 0 Å². The Morgan fingerprint density at radius 2 is 1.59 bits per heavy atom. The van der Waals surface area contributed by atoms with Gasteiger partial charge in [-0.2, -0.15) is 13.2 Å². The van der Waals surface area contributed by atoms with Crippen LogP contribution in [0.5, 0.6) is 0 Å². The lowest BCUT2D eigenvalue weighted by Gasteiger charge is -2.37. The van der Waals surface area contributed by atoms with Crippen molar-refractivity contribution < 1.29 is 32.0 Å². The zero-order chi connectivity index (χ0) is 32.3. The number of hydrogen-bond acceptors (Lipinski definition) is 7. The van der Waals surface area contributed by atoms with E-state index in [0.717, 1.165) is 23.0 Å². The van der Waals surface area contributed by atoms with Gasteiger partial charge in [-0.1, -0.05) is 30.3 Å². The highest BCUT2D eigenvalue weighted by Crippen LogP contribution is 2.29. The molecule has 0 saturated carbocycles. The van der Waals surface area contributed by atoms with E-state index in [1.54, 1.807) is 6.20 Å². The van der Waals surface area contributed by atoms with Gasteiger partial charge in [0, 0.05) is 31.1 Å². The van der Waals surface area contributed by atoms with Crippen molar-refractivity contribution in [2.75, 3.05) is 39.3 Å². The molecular weight excluding hydrogens is 575 g/mol. The lowest BCUT2D eigenvalue weighted by molar-refractivity contribution is -0.918. The number of nitrogens with zero attached hydrogens (tertiary/aromatic N) is 2. The quantitative estimate of drug-likeness (QED) is 0.142. The number of nitrogens with one attached hydrogen (secondary N) is 1. The molecular formula is C31H41F3N7O3+. The number of fused-ring (bicyclic) bond motifs is 1. The van der Waals surface area contributed by atoms with Gasteiger partial charge >= 0.3 is 6.18 Å². The van der Waals surface area contributed by atoms with E-state index >= 15 is 0 Å². The van der Waals surface area contributed by atoms with Crippen LogP contribution in [0, 0.1) is 0 Å². The van der Waals surface area contributed by atoms with Crippen LogP contribution in [-0.4, -0.2) is 78.4 Å². The fourth-order valence-corrected chi connectivity index (χ4v) is 5.36. The highest BCUT2D eigenvalue weighted by atomic mass is 19.4. The molecule has 2 atom stereocenters. The first-order valence-corrected chi connectivity index (χ1v) is 14.5. The molecule has 0 radical (unpaired) electrons. The predicted molar refractivity (Wildman–Crippen MR) is 162 cm³/mol. The third-order valence-corrected chi connectivity index (χ3v) is 7.63. The second kappa shape index (κ2) is 15.7. The molecule has 2 aromatic carbocycles. The van der Waals surface area contributed by atoms with E-state index in [2.05, 4.69) is 10.3 Å². The summed E-state index contributed by atoms with van der Waals surface area (Å²) in [6.45, 7) is 2.13. The lowest BCUT2D eigenvalue weighted by Crippen LogP contribution is -2.57. The molecule has 1 heterocycles. The van der Waals surface area contributed by atoms with E-state index in [-0.39, 0.29) is 36.1 Å². The molecule has 0 aliphatic rings. The Morgan fingerprint density at radius 1 is 0.932 bits per heavy atom. The number of amides is 2. The number of halogens is 3. The Morgan fingerprint density at radius 3 is 2.20 bits per heavy atom. The zero-order valence-electron chi connectivity index (χ0n) is 24.6. The van der Waals surface area contributed by atoms with Gasteiger partial charge in [-0.3, -0.25) is 19.4 Å². The minimum absolute atomic E-state index is 0.0257. The number of pyridine rings is 1. The van der Waals surface area contributed by atoms with E-state index in [9.17, 15) is 27.6 Å². The fourth-order valence-electron chi connectivity index (χ4n) is 5.36. The molecule has 0 spiro atoms. The third-order valence-electron chi connectivity index (χ3n) is 7.63. The predicted octanol–water partition coefficient (Wildman–Crippen LogP) is 1.42. The molecule has 0 unspecified atom stereocenters. The van der Waals surface area contributed by atoms with Crippen LogP contribution in [0.3, 0.4) is 0 Å². The Hall–Kier alpha value is -3.91. The summed E-state index contributed by atoms with van der Waals surface area (Å²) >= 11 is 0. The van der Waals surface area contributed by atoms with E-state index < -0.39 is 35.6 Å². The maximum atomic E-state index is 13.5. The molecule has 10 nitrogen and oxygen atoms in total. The average Bonchev–Trinajstić information content (AvgIpc) is 2.96. The average molecular weight is 617 g/mol. The number of alkyl halides is 3. The van der Waals surface area contributed by atoms with E-state index in [1.807, 2.05) is 30.3 Å². The smallest absolute Gasteiger partial charge is 0.365 e. The summed E-state index contributed by atoms with van der Waals surface area (Å²) in [7, 11) is 0. The van der Waals surface area contributed by atoms with Gasteiger partial charge in [0.1, 0.15) is 0 Å². The maximum Gasteiger partial charge on any atom is 0.416 e. The standard InChI is InChI=1S/C31H40F3N7O3/c32-31(33,34)24-9-7-21(8-10-24)17-27(28(42)18-22-16-23-4-1-2-6-26(23)39-19-22)40-30(44)25(37)5-3-13-41(14-11-35,15-12-36)20-29(38)43/h1-2,4,6-10,16,19,25,27H,3,5,11-15,17-18,20,35-37H2,(H2-,38,40,43,44)/p+1/t25-,27-/m0/s1. The normalized spacial score (nSPS) is 13.4. The Bertz CT molecular complexity index is 1410. The molecule has 0 aliphatic heterocycles. The van der Waals surface area contributed by atoms with Gasteiger partial charge in [-0.15, -0.1) is 0 Å². The zero-order valence-corrected chi connectivity index (χ0v) is 24.6. The number of carbonyl (C=O) groups excluding carboxylic acids is 3. The summed E-state index contributed by atoms with van der Waals surface area (Å²) < 4.78 is 39.5. The molecule has 0 saturated heterocycles. The topological polar surface area (TPSA) is 180 Å². The van der Waals surface area contributed by atoms with Gasteiger partial charge < -0.3 is 32.7 Å². The summed E-state index contributed by atoms with van der Waals surface area (Å²) in [5.41, 5.74) is 24.2. The van der Waals surface area contributed by atoms with Crippen LogP contribution in [0.25, 0.3) is 10.9 Å². The molecule has 238 valence electrons. The number of para-hydroxylation sites is 1. The Balaban J connectivity index is 1.73. The highest BCUT2D eigenvalue weighted by molar-refractivity contribution is 5.92. The molecule has 44 heavy (non-hydrogen) atoms. The molecule has 2 amide bonds. The molecule has 0 aliphatic carbocycles. The van der Waals surface area contributed by atoms with Crippen LogP contribution in [0.1, 0.15) is 29.5 Å². The molecule has 3 rings (SSSR count). The largest absolute Gasteiger partial charge is 0.416 e. The minimum atomic E-state index is -4.50. The lowest BCUT2D eigenvalue weighted by atomic mass is 9.96. The van der Waals surface area contributed by atoms with Gasteiger partial charge in [0.15, 0.2) is 12.3 Å². The molecule has 1 aromatic heterocycles. The van der Waals surface area contributed by atoms with E-state index in [0.29, 0.717) is 50.3 Å². The van der Waals surface area contributed by atoms with E-state index in [4.69, 9.17) is 22.9 Å². The van der Waals surface area contributed by atoms with Crippen molar-refractivity contribution >= 4 is 28.5 Å². The number of ketones is 1. The summed E-state index contributed by atoms with van der Waals surface area (Å²) in [5.74, 6) is -1.40. The van der Waals surface area contributed by atoms with Crippen LogP contribution in [0.2, 0.25) is 0 Å². The second-order valence-electron chi connectivity index (χ2n) is 11.1. The van der Waals surface area contributed by atoms with Crippen LogP contribution in [-0.2, 0) is 33.4 Å². The van der Waals surface area contributed by atoms with Gasteiger partial charge in [-0.25, -0.2) is 0 Å². The van der Waals surface area contributed by atoms with Crippen molar-refractivity contribution in [2.24, 2.45) is 22.9 Å². The van der Waals surface area contributed by atoms with Crippen LogP contribution < -0.4 is 28.3 Å². The SMILES string of the molecule is NCC[N+](CCN)(CCC[C@H](N)C(=O)N[C@@H](Cc1ccc(C(F)(F)F)cc1)C(=O)Cc1cnc2ccccc2c1)CC(N)=O. The first kappa shape index (κ1) is 34.6. The summed E-state index contributed by atoms with van der Waals surface area (Å²) in [6, 6.07) is 11.7. The number of rotatable bonds is 17. The van der Waals surface area contributed by atoms with Gasteiger partial charge in [-0.05, 0) is 54.7 Å². The first-order valence-electron chi connectivity index (χ1n) is 14.5. The van der Waals surface area contributed by atoms with Gasteiger partial charge in [0.2, 0.25) is 5.91 Å². The van der Waals surface area contributed by atoms with Crippen LogP contribution in [0.4, 0.5) is 13.2 Å². The second-order valence-corrected chi connectivity index (χ2v) is 11.1. The number of benzene rings is 2. The maximum absolute atomic E-state index is 13.5. The van der Waals surface area contributed by atoms with Gasteiger partial charge in [0.25, 0.3) is 5.91 Å². The number of aromatic nitrogens is 1. The number of Topliss-reactive ketones (excluding diaryl/α,β-unsaturated/α-hetero) is 1. The third kappa shape index (κ3) is 10.1. The summed E-state index contributed by atoms with van der Waals surface area (Å²) in [4.78, 5) is 42.8. The molecule has 0 fully saturated rings. The fraction of sp³-hybridized carbons (Fsp3) is 0.419. The number of carbonyl (C=O) groups is 3. The number of hydrogen-bond donors (Lipinski definition) is 5. The Labute approximate surface area is 254 Å². The minimum Gasteiger partial charge on any atom is -0.365 e. The molecule has 0 bridgehead atoms. The number of nitrogens with two attached hydrogens (primary N) is 4. The van der Waals surface area contributed by atoms with E-state index in [1.165, 1.54) is 12.1 Å². The number of primary amides is 1. The number of quaternary nitrogens is 1. The van der Waals surface area contributed by atoms with Crippen molar-refractivity contribution in [3.8, 4) is 0 Å². The summed E-state index contributed by atoms with van der Waals surface area (Å²) in [5, 5.41) is 3.57. The van der Waals surface area contributed by atoms with Crippen molar-refractivity contribution in [1.29, 1.82) is 0 Å². The molecule has 9 N–H and O–H groups in total. The Kier molecular flexibility index (Phi) is 12.3. The summed E-state index contributed by atoms with van der Waals surface area (Å²) in [6.07, 6.45) is -2.29. The first-order chi connectivity index (χ1) is 20.9. The van der Waals surface area contributed by atoms with Crippen LogP contribution >= 0.6 is 0 Å². The van der Waals surface area contributed by atoms with Crippen molar-refractivity contribution in [3.05, 3.63) is 77.5 Å². The monoisotopic (exact) mass is 616 g/mol.